The van der Waals surface area contributed by atoms with E-state index in [0.29, 0.717) is 40.7 Å². The van der Waals surface area contributed by atoms with Crippen LogP contribution in [0.5, 0.6) is 0 Å². The Kier molecular flexibility index (Phi) is 4.85. The van der Waals surface area contributed by atoms with Gasteiger partial charge in [0.2, 0.25) is 0 Å². The number of aromatic nitrogens is 2. The summed E-state index contributed by atoms with van der Waals surface area (Å²) in [5, 5.41) is 1.27. The van der Waals surface area contributed by atoms with Crippen LogP contribution < -0.4 is 5.56 Å². The maximum absolute atomic E-state index is 12.8. The smallest absolute Gasteiger partial charge is 0.262 e. The number of hydrogen-bond acceptors (Lipinski definition) is 4. The maximum Gasteiger partial charge on any atom is 0.262 e. The maximum atomic E-state index is 12.8. The number of benzene rings is 1. The van der Waals surface area contributed by atoms with Gasteiger partial charge in [0.1, 0.15) is 5.78 Å². The topological polar surface area (TPSA) is 52.0 Å². The molecule has 0 unspecified atom stereocenters. The van der Waals surface area contributed by atoms with E-state index >= 15 is 0 Å². The second kappa shape index (κ2) is 6.87. The molecule has 1 aromatic carbocycles. The first-order valence-electron chi connectivity index (χ1n) is 8.25. The van der Waals surface area contributed by atoms with Crippen LogP contribution in [0.1, 0.15) is 39.5 Å². The summed E-state index contributed by atoms with van der Waals surface area (Å²) in [5.74, 6) is 0.636. The molecule has 1 saturated carbocycles. The average molecular weight is 330 g/mol. The van der Waals surface area contributed by atoms with E-state index < -0.39 is 0 Å². The summed E-state index contributed by atoms with van der Waals surface area (Å²) in [5.41, 5.74) is 0.707. The van der Waals surface area contributed by atoms with Gasteiger partial charge in [0.25, 0.3) is 5.56 Å². The molecular formula is C18H22N2O2S. The standard InChI is InChI=1S/C18H22N2O2S/c1-12(2)11-20-17(22)13-7-3-4-8-14(13)19-18(20)23-16-10-6-5-9-15(16)21/h3-4,7-8,12,16H,5-6,9-11H2,1-2H3/t16-/m1/s1. The minimum Gasteiger partial charge on any atom is -0.298 e. The average Bonchev–Trinajstić information content (AvgIpc) is 2.53. The number of rotatable bonds is 4. The van der Waals surface area contributed by atoms with Gasteiger partial charge in [-0.05, 0) is 30.9 Å². The number of para-hydroxylation sites is 1. The molecule has 0 spiro atoms. The molecule has 4 nitrogen and oxygen atoms in total. The van der Waals surface area contributed by atoms with Gasteiger partial charge in [-0.15, -0.1) is 0 Å². The Balaban J connectivity index is 2.06. The minimum atomic E-state index is -0.0600. The van der Waals surface area contributed by atoms with Gasteiger partial charge in [-0.2, -0.15) is 0 Å². The Morgan fingerprint density at radius 3 is 2.78 bits per heavy atom. The van der Waals surface area contributed by atoms with Crippen molar-refractivity contribution in [3.05, 3.63) is 34.6 Å². The SMILES string of the molecule is CC(C)Cn1c(S[C@@H]2CCCCC2=O)nc2ccccc2c1=O. The van der Waals surface area contributed by atoms with Crippen molar-refractivity contribution in [2.75, 3.05) is 0 Å². The number of nitrogens with zero attached hydrogens (tertiary/aromatic N) is 2. The molecule has 0 saturated heterocycles. The van der Waals surface area contributed by atoms with Crippen LogP contribution in [0.15, 0.2) is 34.2 Å². The number of carbonyl (C=O) groups is 1. The first kappa shape index (κ1) is 16.2. The van der Waals surface area contributed by atoms with Gasteiger partial charge in [-0.25, -0.2) is 4.98 Å². The highest BCUT2D eigenvalue weighted by Crippen LogP contribution is 2.31. The molecule has 1 aromatic heterocycles. The third-order valence-corrected chi connectivity index (χ3v) is 5.43. The quantitative estimate of drug-likeness (QED) is 0.803. The van der Waals surface area contributed by atoms with E-state index in [-0.39, 0.29) is 10.8 Å². The van der Waals surface area contributed by atoms with E-state index in [1.54, 1.807) is 4.57 Å². The van der Waals surface area contributed by atoms with Crippen molar-refractivity contribution in [2.45, 2.75) is 56.5 Å². The second-order valence-corrected chi connectivity index (χ2v) is 7.71. The zero-order chi connectivity index (χ0) is 16.4. The van der Waals surface area contributed by atoms with E-state index in [2.05, 4.69) is 13.8 Å². The summed E-state index contributed by atoms with van der Waals surface area (Å²) >= 11 is 1.47. The molecule has 1 fully saturated rings. The van der Waals surface area contributed by atoms with Gasteiger partial charge in [0.05, 0.1) is 16.2 Å². The van der Waals surface area contributed by atoms with Gasteiger partial charge in [-0.3, -0.25) is 14.2 Å². The van der Waals surface area contributed by atoms with E-state index in [0.717, 1.165) is 19.3 Å². The second-order valence-electron chi connectivity index (χ2n) is 6.54. The third-order valence-electron chi connectivity index (χ3n) is 4.12. The zero-order valence-electron chi connectivity index (χ0n) is 13.6. The lowest BCUT2D eigenvalue weighted by atomic mass is 9.99. The Morgan fingerprint density at radius 1 is 1.26 bits per heavy atom. The number of fused-ring (bicyclic) bond motifs is 1. The van der Waals surface area contributed by atoms with Crippen molar-refractivity contribution < 1.29 is 4.79 Å². The van der Waals surface area contributed by atoms with Crippen molar-refractivity contribution in [1.82, 2.24) is 9.55 Å². The van der Waals surface area contributed by atoms with Crippen LogP contribution in [-0.4, -0.2) is 20.6 Å². The normalized spacial score (nSPS) is 18.7. The minimum absolute atomic E-state index is 0.00458. The molecule has 122 valence electrons. The van der Waals surface area contributed by atoms with Crippen molar-refractivity contribution in [3.8, 4) is 0 Å². The van der Waals surface area contributed by atoms with Crippen molar-refractivity contribution in [2.24, 2.45) is 5.92 Å². The lowest BCUT2D eigenvalue weighted by molar-refractivity contribution is -0.119. The highest BCUT2D eigenvalue weighted by molar-refractivity contribution is 8.00. The molecule has 0 radical (unpaired) electrons. The Hall–Kier alpha value is -1.62. The van der Waals surface area contributed by atoms with Crippen molar-refractivity contribution in [1.29, 1.82) is 0 Å². The summed E-state index contributed by atoms with van der Waals surface area (Å²) in [7, 11) is 0. The summed E-state index contributed by atoms with van der Waals surface area (Å²) in [6.45, 7) is 4.80. The first-order chi connectivity index (χ1) is 11.1. The highest BCUT2D eigenvalue weighted by Gasteiger charge is 2.25. The Labute approximate surface area is 140 Å². The van der Waals surface area contributed by atoms with E-state index in [1.165, 1.54) is 11.8 Å². The fourth-order valence-electron chi connectivity index (χ4n) is 2.97. The Morgan fingerprint density at radius 2 is 2.04 bits per heavy atom. The highest BCUT2D eigenvalue weighted by atomic mass is 32.2. The lowest BCUT2D eigenvalue weighted by Crippen LogP contribution is -2.28. The van der Waals surface area contributed by atoms with Crippen molar-refractivity contribution >= 4 is 28.4 Å². The van der Waals surface area contributed by atoms with Gasteiger partial charge in [0, 0.05) is 13.0 Å². The first-order valence-corrected chi connectivity index (χ1v) is 9.13. The fraction of sp³-hybridized carbons (Fsp3) is 0.500. The van der Waals surface area contributed by atoms with Gasteiger partial charge >= 0.3 is 0 Å². The van der Waals surface area contributed by atoms with Crippen molar-refractivity contribution in [3.63, 3.8) is 0 Å². The lowest BCUT2D eigenvalue weighted by Gasteiger charge is -2.22. The van der Waals surface area contributed by atoms with Crippen LogP contribution in [-0.2, 0) is 11.3 Å². The third kappa shape index (κ3) is 3.50. The molecule has 0 aliphatic heterocycles. The molecule has 1 atom stereocenters. The van der Waals surface area contributed by atoms with Gasteiger partial charge < -0.3 is 0 Å². The molecule has 1 aliphatic rings. The summed E-state index contributed by atoms with van der Waals surface area (Å²) in [4.78, 5) is 29.7. The summed E-state index contributed by atoms with van der Waals surface area (Å²) in [6.07, 6.45) is 3.60. The van der Waals surface area contributed by atoms with Crippen LogP contribution in [0.2, 0.25) is 0 Å². The molecule has 1 aliphatic carbocycles. The number of ketones is 1. The predicted octanol–water partition coefficient (Wildman–Crippen LogP) is 3.66. The predicted molar refractivity (Wildman–Crippen MR) is 94.0 cm³/mol. The molecule has 0 bridgehead atoms. The number of thioether (sulfide) groups is 1. The van der Waals surface area contributed by atoms with E-state index in [1.807, 2.05) is 24.3 Å². The van der Waals surface area contributed by atoms with Gasteiger partial charge in [-0.1, -0.05) is 44.2 Å². The summed E-state index contributed by atoms with van der Waals surface area (Å²) in [6, 6.07) is 7.44. The molecule has 5 heteroatoms. The number of Topliss-reactive ketones (excluding diaryl/α,β-unsaturated/α-hetero) is 1. The molecule has 2 aromatic rings. The molecule has 23 heavy (non-hydrogen) atoms. The zero-order valence-corrected chi connectivity index (χ0v) is 14.4. The van der Waals surface area contributed by atoms with Crippen LogP contribution in [0.25, 0.3) is 10.9 Å². The largest absolute Gasteiger partial charge is 0.298 e. The van der Waals surface area contributed by atoms with E-state index in [4.69, 9.17) is 4.98 Å². The molecule has 1 heterocycles. The monoisotopic (exact) mass is 330 g/mol. The van der Waals surface area contributed by atoms with Crippen LogP contribution in [0.3, 0.4) is 0 Å². The van der Waals surface area contributed by atoms with Crippen LogP contribution >= 0.6 is 11.8 Å². The van der Waals surface area contributed by atoms with Crippen LogP contribution in [0, 0.1) is 5.92 Å². The van der Waals surface area contributed by atoms with Gasteiger partial charge in [0.15, 0.2) is 5.16 Å². The molecule has 0 N–H and O–H groups in total. The fourth-order valence-corrected chi connectivity index (χ4v) is 4.19. The Bertz CT molecular complexity index is 782. The molecular weight excluding hydrogens is 308 g/mol. The molecule has 3 rings (SSSR count). The number of carbonyl (C=O) groups excluding carboxylic acids is 1. The van der Waals surface area contributed by atoms with Crippen LogP contribution in [0.4, 0.5) is 0 Å². The molecule has 0 amide bonds. The van der Waals surface area contributed by atoms with E-state index in [9.17, 15) is 9.59 Å². The summed E-state index contributed by atoms with van der Waals surface area (Å²) < 4.78 is 1.75. The number of hydrogen-bond donors (Lipinski definition) is 0.